The second-order valence-electron chi connectivity index (χ2n) is 2.97. The monoisotopic (exact) mass is 233 g/mol. The number of anilines is 1. The van der Waals surface area contributed by atoms with Gasteiger partial charge in [-0.1, -0.05) is 6.92 Å². The van der Waals surface area contributed by atoms with Crippen molar-refractivity contribution >= 4 is 27.5 Å². The Morgan fingerprint density at radius 3 is 3.00 bits per heavy atom. The van der Waals surface area contributed by atoms with Crippen LogP contribution in [0.25, 0.3) is 0 Å². The summed E-state index contributed by atoms with van der Waals surface area (Å²) in [5.41, 5.74) is 0. The first-order chi connectivity index (χ1) is 6.72. The molecule has 1 heterocycles. The van der Waals surface area contributed by atoms with Gasteiger partial charge in [0.1, 0.15) is 5.82 Å². The van der Waals surface area contributed by atoms with E-state index < -0.39 is 10.8 Å². The molecule has 0 aliphatic heterocycles. The highest BCUT2D eigenvalue weighted by Crippen LogP contribution is 2.11. The zero-order valence-electron chi connectivity index (χ0n) is 8.45. The molecule has 6 heteroatoms. The Morgan fingerprint density at radius 1 is 1.57 bits per heavy atom. The van der Waals surface area contributed by atoms with E-state index in [9.17, 15) is 4.21 Å². The zero-order chi connectivity index (χ0) is 10.4. The van der Waals surface area contributed by atoms with Gasteiger partial charge < -0.3 is 5.32 Å². The molecule has 0 radical (unpaired) electrons. The maximum absolute atomic E-state index is 10.8. The van der Waals surface area contributed by atoms with Crippen LogP contribution in [-0.4, -0.2) is 32.1 Å². The topological polar surface area (TPSA) is 54.9 Å². The van der Waals surface area contributed by atoms with E-state index in [0.717, 1.165) is 23.8 Å². The molecule has 0 aromatic carbocycles. The minimum Gasteiger partial charge on any atom is -0.359 e. The summed E-state index contributed by atoms with van der Waals surface area (Å²) in [6, 6.07) is 0. The van der Waals surface area contributed by atoms with Crippen LogP contribution in [0, 0.1) is 0 Å². The second-order valence-corrected chi connectivity index (χ2v) is 5.28. The van der Waals surface area contributed by atoms with Crippen LogP contribution < -0.4 is 5.32 Å². The van der Waals surface area contributed by atoms with Crippen LogP contribution in [0.15, 0.2) is 0 Å². The fraction of sp³-hybridized carbons (Fsp3) is 0.750. The molecule has 4 nitrogen and oxygen atoms in total. The van der Waals surface area contributed by atoms with E-state index in [1.807, 2.05) is 0 Å². The predicted octanol–water partition coefficient (Wildman–Crippen LogP) is 1.28. The van der Waals surface area contributed by atoms with Crippen molar-refractivity contribution in [2.75, 3.05) is 23.9 Å². The number of nitrogens with one attached hydrogen (secondary N) is 1. The van der Waals surface area contributed by atoms with E-state index in [0.29, 0.717) is 12.3 Å². The number of rotatable bonds is 6. The molecule has 1 unspecified atom stereocenters. The number of nitrogens with zero attached hydrogens (tertiary/aromatic N) is 2. The van der Waals surface area contributed by atoms with Crippen LogP contribution in [0.5, 0.6) is 0 Å². The van der Waals surface area contributed by atoms with Gasteiger partial charge in [0.15, 0.2) is 0 Å². The Kier molecular flexibility index (Phi) is 5.03. The second kappa shape index (κ2) is 6.08. The van der Waals surface area contributed by atoms with Crippen LogP contribution in [0.3, 0.4) is 0 Å². The van der Waals surface area contributed by atoms with Gasteiger partial charge in [-0.2, -0.15) is 4.37 Å². The lowest BCUT2D eigenvalue weighted by Gasteiger charge is -1.98. The molecule has 0 amide bonds. The third-order valence-corrected chi connectivity index (χ3v) is 3.10. The van der Waals surface area contributed by atoms with Crippen LogP contribution >= 0.6 is 11.5 Å². The summed E-state index contributed by atoms with van der Waals surface area (Å²) in [5, 5.41) is 3.94. The number of hydrogen-bond donors (Lipinski definition) is 1. The Morgan fingerprint density at radius 2 is 2.36 bits per heavy atom. The van der Waals surface area contributed by atoms with E-state index in [1.54, 1.807) is 6.26 Å². The summed E-state index contributed by atoms with van der Waals surface area (Å²) in [7, 11) is -0.742. The maximum Gasteiger partial charge on any atom is 0.202 e. The normalized spacial score (nSPS) is 12.7. The molecule has 1 aromatic heterocycles. The predicted molar refractivity (Wildman–Crippen MR) is 61.3 cm³/mol. The fourth-order valence-electron chi connectivity index (χ4n) is 0.953. The summed E-state index contributed by atoms with van der Waals surface area (Å²) >= 11 is 1.37. The standard InChI is InChI=1S/C8H15N3OS2/c1-3-4-7-10-8(13-11-7)9-5-6-14(2)12/h3-6H2,1-2H3,(H,9,10,11). The van der Waals surface area contributed by atoms with Gasteiger partial charge in [0.25, 0.3) is 0 Å². The minimum atomic E-state index is -0.742. The third-order valence-electron chi connectivity index (χ3n) is 1.61. The molecule has 0 aliphatic rings. The van der Waals surface area contributed by atoms with Crippen LogP contribution in [0.4, 0.5) is 5.13 Å². The molecule has 0 aliphatic carbocycles. The highest BCUT2D eigenvalue weighted by molar-refractivity contribution is 7.84. The van der Waals surface area contributed by atoms with Crippen molar-refractivity contribution in [1.29, 1.82) is 0 Å². The van der Waals surface area contributed by atoms with Gasteiger partial charge in [0.2, 0.25) is 5.13 Å². The average Bonchev–Trinajstić information content (AvgIpc) is 2.53. The maximum atomic E-state index is 10.8. The first-order valence-electron chi connectivity index (χ1n) is 4.59. The molecular formula is C8H15N3OS2. The lowest BCUT2D eigenvalue weighted by molar-refractivity contribution is 0.687. The van der Waals surface area contributed by atoms with E-state index >= 15 is 0 Å². The Labute approximate surface area is 90.8 Å². The van der Waals surface area contributed by atoms with Gasteiger partial charge in [-0.15, -0.1) is 0 Å². The van der Waals surface area contributed by atoms with Crippen molar-refractivity contribution in [2.24, 2.45) is 0 Å². The molecule has 80 valence electrons. The van der Waals surface area contributed by atoms with Gasteiger partial charge in [-0.05, 0) is 6.42 Å². The molecule has 0 fully saturated rings. The summed E-state index contributed by atoms with van der Waals surface area (Å²) < 4.78 is 15.0. The lowest BCUT2D eigenvalue weighted by atomic mass is 10.3. The molecule has 0 spiro atoms. The third kappa shape index (κ3) is 4.15. The molecule has 1 atom stereocenters. The first kappa shape index (κ1) is 11.6. The van der Waals surface area contributed by atoms with Crippen molar-refractivity contribution in [2.45, 2.75) is 19.8 Å². The van der Waals surface area contributed by atoms with E-state index in [1.165, 1.54) is 11.5 Å². The summed E-state index contributed by atoms with van der Waals surface area (Å²) in [6.07, 6.45) is 3.69. The van der Waals surface area contributed by atoms with E-state index in [2.05, 4.69) is 21.6 Å². The van der Waals surface area contributed by atoms with E-state index in [-0.39, 0.29) is 0 Å². The van der Waals surface area contributed by atoms with Crippen molar-refractivity contribution in [3.63, 3.8) is 0 Å². The molecule has 0 bridgehead atoms. The number of aromatic nitrogens is 2. The fourth-order valence-corrected chi connectivity index (χ4v) is 1.98. The van der Waals surface area contributed by atoms with Crippen molar-refractivity contribution < 1.29 is 4.21 Å². The highest BCUT2D eigenvalue weighted by Gasteiger charge is 2.01. The Balaban J connectivity index is 2.32. The van der Waals surface area contributed by atoms with Crippen LogP contribution in [-0.2, 0) is 17.2 Å². The number of aryl methyl sites for hydroxylation is 1. The first-order valence-corrected chi connectivity index (χ1v) is 7.09. The SMILES string of the molecule is CCCc1nsc(NCCS(C)=O)n1. The van der Waals surface area contributed by atoms with Crippen LogP contribution in [0.1, 0.15) is 19.2 Å². The van der Waals surface area contributed by atoms with Gasteiger partial charge in [0, 0.05) is 47.3 Å². The molecule has 1 N–H and O–H groups in total. The van der Waals surface area contributed by atoms with Crippen molar-refractivity contribution in [1.82, 2.24) is 9.36 Å². The molecule has 14 heavy (non-hydrogen) atoms. The van der Waals surface area contributed by atoms with Gasteiger partial charge in [0.05, 0.1) is 0 Å². The highest BCUT2D eigenvalue weighted by atomic mass is 32.2. The number of hydrogen-bond acceptors (Lipinski definition) is 5. The minimum absolute atomic E-state index is 0.655. The average molecular weight is 233 g/mol. The molecule has 0 saturated carbocycles. The van der Waals surface area contributed by atoms with Gasteiger partial charge in [-0.25, -0.2) is 4.98 Å². The van der Waals surface area contributed by atoms with Crippen molar-refractivity contribution in [3.05, 3.63) is 5.82 Å². The molecular weight excluding hydrogens is 218 g/mol. The smallest absolute Gasteiger partial charge is 0.202 e. The largest absolute Gasteiger partial charge is 0.359 e. The molecule has 1 rings (SSSR count). The van der Waals surface area contributed by atoms with Gasteiger partial charge in [-0.3, -0.25) is 4.21 Å². The van der Waals surface area contributed by atoms with Crippen molar-refractivity contribution in [3.8, 4) is 0 Å². The quantitative estimate of drug-likeness (QED) is 0.804. The lowest BCUT2D eigenvalue weighted by Crippen LogP contribution is -2.09. The Hall–Kier alpha value is -0.490. The summed E-state index contributed by atoms with van der Waals surface area (Å²) in [5.74, 6) is 1.56. The summed E-state index contributed by atoms with van der Waals surface area (Å²) in [4.78, 5) is 4.29. The van der Waals surface area contributed by atoms with Gasteiger partial charge >= 0.3 is 0 Å². The Bertz CT molecular complexity index is 301. The van der Waals surface area contributed by atoms with Crippen LogP contribution in [0.2, 0.25) is 0 Å². The molecule has 0 saturated heterocycles. The van der Waals surface area contributed by atoms with E-state index in [4.69, 9.17) is 0 Å². The summed E-state index contributed by atoms with van der Waals surface area (Å²) in [6.45, 7) is 2.80. The molecule has 1 aromatic rings. The zero-order valence-corrected chi connectivity index (χ0v) is 10.1.